The van der Waals surface area contributed by atoms with Gasteiger partial charge in [-0.2, -0.15) is 0 Å². The smallest absolute Gasteiger partial charge is 0.122 e. The highest BCUT2D eigenvalue weighted by Gasteiger charge is 1.55. The molecule has 0 aliphatic heterocycles. The molecule has 0 saturated heterocycles. The minimum atomic E-state index is 1.44. The Morgan fingerprint density at radius 1 is 1.67 bits per heavy atom. The van der Waals surface area contributed by atoms with Crippen molar-refractivity contribution < 1.29 is 4.74 Å². The molecule has 0 bridgehead atoms. The molecule has 0 amide bonds. The van der Waals surface area contributed by atoms with Gasteiger partial charge < -0.3 is 4.74 Å². The van der Waals surface area contributed by atoms with Crippen molar-refractivity contribution in [3.05, 3.63) is 0 Å². The summed E-state index contributed by atoms with van der Waals surface area (Å²) >= 11 is 1.44. The van der Waals surface area contributed by atoms with Gasteiger partial charge in [0.15, 0.2) is 0 Å². The van der Waals surface area contributed by atoms with Crippen LogP contribution in [0.15, 0.2) is 0 Å². The lowest BCUT2D eigenvalue weighted by atomic mass is 11.3. The third-order valence-corrected chi connectivity index (χ3v) is 0.533. The zero-order chi connectivity index (χ0) is 4.83. The SMILES string of the molecule is COC#CSC. The van der Waals surface area contributed by atoms with Gasteiger partial charge in [-0.1, -0.05) is 11.8 Å². The van der Waals surface area contributed by atoms with E-state index in [1.54, 1.807) is 7.11 Å². The Labute approximate surface area is 42.1 Å². The Hall–Kier alpha value is -0.290. The van der Waals surface area contributed by atoms with E-state index in [1.807, 2.05) is 6.26 Å². The van der Waals surface area contributed by atoms with E-state index in [0.29, 0.717) is 0 Å². The highest BCUT2D eigenvalue weighted by Crippen LogP contribution is 1.81. The molecule has 0 aromatic heterocycles. The normalized spacial score (nSPS) is 5.67. The number of hydrogen-bond donors (Lipinski definition) is 0. The Balaban J connectivity index is 2.90. The van der Waals surface area contributed by atoms with Crippen molar-refractivity contribution in [1.82, 2.24) is 0 Å². The molecule has 0 aliphatic rings. The van der Waals surface area contributed by atoms with Gasteiger partial charge in [0.05, 0.1) is 7.11 Å². The van der Waals surface area contributed by atoms with Gasteiger partial charge in [-0.3, -0.25) is 0 Å². The van der Waals surface area contributed by atoms with E-state index >= 15 is 0 Å². The molecular weight excluding hydrogens is 96.1 g/mol. The van der Waals surface area contributed by atoms with E-state index in [1.165, 1.54) is 11.8 Å². The molecule has 0 saturated carbocycles. The van der Waals surface area contributed by atoms with Crippen LogP contribution >= 0.6 is 11.8 Å². The summed E-state index contributed by atoms with van der Waals surface area (Å²) in [6.45, 7) is 0. The van der Waals surface area contributed by atoms with Crippen LogP contribution in [0.25, 0.3) is 0 Å². The van der Waals surface area contributed by atoms with Crippen molar-refractivity contribution in [3.8, 4) is 11.4 Å². The molecule has 2 heteroatoms. The van der Waals surface area contributed by atoms with Crippen LogP contribution < -0.4 is 0 Å². The lowest BCUT2D eigenvalue weighted by molar-refractivity contribution is 0.373. The first-order chi connectivity index (χ1) is 2.91. The monoisotopic (exact) mass is 102 g/mol. The van der Waals surface area contributed by atoms with Crippen LogP contribution in [-0.4, -0.2) is 13.4 Å². The van der Waals surface area contributed by atoms with Gasteiger partial charge in [0, 0.05) is 5.25 Å². The van der Waals surface area contributed by atoms with Crippen molar-refractivity contribution >= 4 is 11.8 Å². The summed E-state index contributed by atoms with van der Waals surface area (Å²) in [6, 6.07) is 0. The average molecular weight is 102 g/mol. The molecule has 0 spiro atoms. The van der Waals surface area contributed by atoms with Gasteiger partial charge in [0.25, 0.3) is 0 Å². The maximum Gasteiger partial charge on any atom is 0.122 e. The van der Waals surface area contributed by atoms with Crippen molar-refractivity contribution in [3.63, 3.8) is 0 Å². The molecule has 0 unspecified atom stereocenters. The summed E-state index contributed by atoms with van der Waals surface area (Å²) in [5.74, 6) is 0. The van der Waals surface area contributed by atoms with E-state index in [4.69, 9.17) is 0 Å². The third kappa shape index (κ3) is 3.71. The highest BCUT2D eigenvalue weighted by molar-refractivity contribution is 8.03. The summed E-state index contributed by atoms with van der Waals surface area (Å²) in [4.78, 5) is 0. The number of methoxy groups -OCH3 is 1. The van der Waals surface area contributed by atoms with Crippen LogP contribution in [0.2, 0.25) is 0 Å². The molecule has 34 valence electrons. The molecule has 0 heterocycles. The van der Waals surface area contributed by atoms with E-state index in [-0.39, 0.29) is 0 Å². The van der Waals surface area contributed by atoms with E-state index in [2.05, 4.69) is 16.1 Å². The second kappa shape index (κ2) is 4.71. The van der Waals surface area contributed by atoms with Crippen molar-refractivity contribution in [2.45, 2.75) is 0 Å². The van der Waals surface area contributed by atoms with Crippen LogP contribution in [0.1, 0.15) is 0 Å². The number of hydrogen-bond acceptors (Lipinski definition) is 2. The van der Waals surface area contributed by atoms with Crippen molar-refractivity contribution in [2.75, 3.05) is 13.4 Å². The van der Waals surface area contributed by atoms with Crippen molar-refractivity contribution in [1.29, 1.82) is 0 Å². The van der Waals surface area contributed by atoms with E-state index < -0.39 is 0 Å². The third-order valence-electron chi connectivity index (χ3n) is 0.246. The fourth-order valence-corrected chi connectivity index (χ4v) is 0.250. The van der Waals surface area contributed by atoms with Crippen LogP contribution in [-0.2, 0) is 4.74 Å². The summed E-state index contributed by atoms with van der Waals surface area (Å²) in [6.07, 6.45) is 4.31. The molecule has 0 rings (SSSR count). The lowest BCUT2D eigenvalue weighted by Crippen LogP contribution is -1.59. The average Bonchev–Trinajstić information content (AvgIpc) is 1.61. The maximum absolute atomic E-state index is 4.40. The first-order valence-electron chi connectivity index (χ1n) is 1.47. The summed E-state index contributed by atoms with van der Waals surface area (Å²) < 4.78 is 4.40. The molecule has 0 radical (unpaired) electrons. The lowest BCUT2D eigenvalue weighted by Gasteiger charge is -1.71. The van der Waals surface area contributed by atoms with Gasteiger partial charge in [-0.25, -0.2) is 0 Å². The van der Waals surface area contributed by atoms with Crippen molar-refractivity contribution in [2.24, 2.45) is 0 Å². The Bertz CT molecular complexity index is 61.4. The van der Waals surface area contributed by atoms with Crippen LogP contribution in [0.5, 0.6) is 0 Å². The molecule has 0 aromatic rings. The molecule has 0 aromatic carbocycles. The predicted octanol–water partition coefficient (Wildman–Crippen LogP) is 0.914. The molecule has 1 nitrogen and oxygen atoms in total. The quantitative estimate of drug-likeness (QED) is 0.420. The number of ether oxygens (including phenoxy) is 1. The van der Waals surface area contributed by atoms with Gasteiger partial charge >= 0.3 is 0 Å². The largest absolute Gasteiger partial charge is 0.449 e. The molecule has 6 heavy (non-hydrogen) atoms. The van der Waals surface area contributed by atoms with Gasteiger partial charge in [0.1, 0.15) is 6.11 Å². The summed E-state index contributed by atoms with van der Waals surface area (Å²) in [7, 11) is 1.54. The fourth-order valence-electron chi connectivity index (χ4n) is 0.0833. The minimum Gasteiger partial charge on any atom is -0.449 e. The Morgan fingerprint density at radius 2 is 2.33 bits per heavy atom. The molecule has 0 N–H and O–H groups in total. The molecular formula is C4H6OS. The zero-order valence-corrected chi connectivity index (χ0v) is 4.63. The zero-order valence-electron chi connectivity index (χ0n) is 3.82. The second-order valence-electron chi connectivity index (χ2n) is 0.612. The van der Waals surface area contributed by atoms with Gasteiger partial charge in [-0.15, -0.1) is 0 Å². The highest BCUT2D eigenvalue weighted by atomic mass is 32.2. The molecule has 0 aliphatic carbocycles. The van der Waals surface area contributed by atoms with Gasteiger partial charge in [-0.05, 0) is 6.26 Å². The first kappa shape index (κ1) is 5.71. The Kier molecular flexibility index (Phi) is 4.48. The number of thioether (sulfide) groups is 1. The molecule has 0 fully saturated rings. The van der Waals surface area contributed by atoms with E-state index in [0.717, 1.165) is 0 Å². The predicted molar refractivity (Wildman–Crippen MR) is 28.3 cm³/mol. The van der Waals surface area contributed by atoms with Crippen LogP contribution in [0.4, 0.5) is 0 Å². The summed E-state index contributed by atoms with van der Waals surface area (Å²) in [5, 5.41) is 2.64. The molecule has 0 atom stereocenters. The second-order valence-corrected chi connectivity index (χ2v) is 1.22. The van der Waals surface area contributed by atoms with Gasteiger partial charge in [0.2, 0.25) is 0 Å². The Morgan fingerprint density at radius 3 is 2.50 bits per heavy atom. The topological polar surface area (TPSA) is 9.23 Å². The van der Waals surface area contributed by atoms with Crippen LogP contribution in [0.3, 0.4) is 0 Å². The fraction of sp³-hybridized carbons (Fsp3) is 0.500. The minimum absolute atomic E-state index is 1.44. The number of rotatable bonds is 0. The standard InChI is InChI=1S/C4H6OS/c1-5-3-4-6-2/h1-2H3. The summed E-state index contributed by atoms with van der Waals surface area (Å²) in [5.41, 5.74) is 0. The van der Waals surface area contributed by atoms with E-state index in [9.17, 15) is 0 Å². The first-order valence-corrected chi connectivity index (χ1v) is 2.70. The maximum atomic E-state index is 4.40. The van der Waals surface area contributed by atoms with Crippen LogP contribution in [0, 0.1) is 11.4 Å².